The van der Waals surface area contributed by atoms with Crippen molar-refractivity contribution in [2.24, 2.45) is 5.92 Å². The van der Waals surface area contributed by atoms with Gasteiger partial charge in [0.25, 0.3) is 0 Å². The summed E-state index contributed by atoms with van der Waals surface area (Å²) < 4.78 is 11.2. The average molecular weight is 210 g/mol. The fourth-order valence-corrected chi connectivity index (χ4v) is 3.60. The minimum Gasteiger partial charge on any atom is -0.460 e. The highest BCUT2D eigenvalue weighted by Gasteiger charge is 2.67. The van der Waals surface area contributed by atoms with E-state index >= 15 is 0 Å². The van der Waals surface area contributed by atoms with Gasteiger partial charge in [-0.1, -0.05) is 12.8 Å². The van der Waals surface area contributed by atoms with E-state index in [0.29, 0.717) is 0 Å². The van der Waals surface area contributed by atoms with Crippen LogP contribution >= 0.6 is 0 Å². The summed E-state index contributed by atoms with van der Waals surface area (Å²) in [5.41, 5.74) is 0.122. The smallest absolute Gasteiger partial charge is 0.302 e. The first-order valence-electron chi connectivity index (χ1n) is 6.07. The minimum atomic E-state index is -0.167. The summed E-state index contributed by atoms with van der Waals surface area (Å²) in [6.07, 6.45) is 7.55. The molecule has 15 heavy (non-hydrogen) atoms. The molecule has 3 rings (SSSR count). The summed E-state index contributed by atoms with van der Waals surface area (Å²) in [6, 6.07) is 0. The quantitative estimate of drug-likeness (QED) is 0.491. The maximum atomic E-state index is 11.0. The molecular weight excluding hydrogens is 192 g/mol. The number of rotatable bonds is 1. The van der Waals surface area contributed by atoms with Crippen molar-refractivity contribution >= 4 is 5.97 Å². The Hall–Kier alpha value is -0.570. The molecule has 3 heteroatoms. The van der Waals surface area contributed by atoms with Gasteiger partial charge in [-0.15, -0.1) is 0 Å². The summed E-state index contributed by atoms with van der Waals surface area (Å²) in [4.78, 5) is 11.0. The van der Waals surface area contributed by atoms with Gasteiger partial charge in [0.15, 0.2) is 0 Å². The highest BCUT2D eigenvalue weighted by atomic mass is 16.6. The van der Waals surface area contributed by atoms with Gasteiger partial charge in [0.2, 0.25) is 0 Å². The maximum absolute atomic E-state index is 11.0. The molecule has 3 fully saturated rings. The Morgan fingerprint density at radius 3 is 3.00 bits per heavy atom. The molecule has 1 aliphatic heterocycles. The second-order valence-electron chi connectivity index (χ2n) is 5.16. The van der Waals surface area contributed by atoms with Gasteiger partial charge in [0, 0.05) is 6.92 Å². The van der Waals surface area contributed by atoms with Crippen LogP contribution in [0.15, 0.2) is 0 Å². The Morgan fingerprint density at radius 2 is 2.20 bits per heavy atom. The summed E-state index contributed by atoms with van der Waals surface area (Å²) in [6.45, 7) is 1.49. The zero-order chi connectivity index (χ0) is 10.5. The third-order valence-corrected chi connectivity index (χ3v) is 4.29. The van der Waals surface area contributed by atoms with Crippen molar-refractivity contribution in [3.8, 4) is 0 Å². The molecule has 0 aromatic heterocycles. The molecule has 4 atom stereocenters. The van der Waals surface area contributed by atoms with Crippen LogP contribution < -0.4 is 0 Å². The standard InChI is InChI=1S/C12H18O3/c1-8(13)14-10-6-5-9-4-2-3-7-12(9)11(10)15-12/h9-11H,2-7H2,1H3/t9-,10-,11-,12+/m0/s1. The van der Waals surface area contributed by atoms with Crippen molar-refractivity contribution in [1.29, 1.82) is 0 Å². The van der Waals surface area contributed by atoms with Crippen LogP contribution in [0.2, 0.25) is 0 Å². The van der Waals surface area contributed by atoms with Gasteiger partial charge in [-0.2, -0.15) is 0 Å². The lowest BCUT2D eigenvalue weighted by Crippen LogP contribution is -2.41. The third kappa shape index (κ3) is 1.40. The summed E-state index contributed by atoms with van der Waals surface area (Å²) in [5, 5.41) is 0. The molecule has 0 radical (unpaired) electrons. The van der Waals surface area contributed by atoms with Crippen molar-refractivity contribution in [3.05, 3.63) is 0 Å². The molecule has 0 aromatic carbocycles. The van der Waals surface area contributed by atoms with Crippen molar-refractivity contribution in [1.82, 2.24) is 0 Å². The number of ether oxygens (including phenoxy) is 2. The molecule has 84 valence electrons. The van der Waals surface area contributed by atoms with Crippen molar-refractivity contribution in [2.75, 3.05) is 0 Å². The first kappa shape index (κ1) is 9.64. The van der Waals surface area contributed by atoms with Crippen LogP contribution in [0, 0.1) is 5.92 Å². The van der Waals surface area contributed by atoms with Gasteiger partial charge >= 0.3 is 5.97 Å². The first-order valence-corrected chi connectivity index (χ1v) is 6.07. The third-order valence-electron chi connectivity index (χ3n) is 4.29. The number of hydrogen-bond acceptors (Lipinski definition) is 3. The van der Waals surface area contributed by atoms with Crippen molar-refractivity contribution < 1.29 is 14.3 Å². The highest BCUT2D eigenvalue weighted by Crippen LogP contribution is 2.58. The van der Waals surface area contributed by atoms with Gasteiger partial charge < -0.3 is 9.47 Å². The van der Waals surface area contributed by atoms with Crippen LogP contribution in [0.1, 0.15) is 45.4 Å². The lowest BCUT2D eigenvalue weighted by molar-refractivity contribution is -0.148. The molecule has 3 aliphatic rings. The largest absolute Gasteiger partial charge is 0.460 e. The predicted octanol–water partition coefficient (Wildman–Crippen LogP) is 2.04. The zero-order valence-corrected chi connectivity index (χ0v) is 9.20. The molecule has 0 N–H and O–H groups in total. The normalized spacial score (nSPS) is 47.7. The monoisotopic (exact) mass is 210 g/mol. The summed E-state index contributed by atoms with van der Waals surface area (Å²) in [7, 11) is 0. The highest BCUT2D eigenvalue weighted by molar-refractivity contribution is 5.66. The number of epoxide rings is 1. The molecule has 1 heterocycles. The molecule has 0 amide bonds. The minimum absolute atomic E-state index is 0.0387. The zero-order valence-electron chi connectivity index (χ0n) is 9.20. The molecule has 3 nitrogen and oxygen atoms in total. The Kier molecular flexibility index (Phi) is 2.06. The number of hydrogen-bond donors (Lipinski definition) is 0. The molecule has 1 spiro atoms. The van der Waals surface area contributed by atoms with E-state index in [1.165, 1.54) is 39.0 Å². The molecule has 0 bridgehead atoms. The molecule has 2 aliphatic carbocycles. The fraction of sp³-hybridized carbons (Fsp3) is 0.917. The lowest BCUT2D eigenvalue weighted by Gasteiger charge is -2.34. The number of esters is 1. The Morgan fingerprint density at radius 1 is 1.33 bits per heavy atom. The Balaban J connectivity index is 1.72. The van der Waals surface area contributed by atoms with Crippen LogP contribution in [-0.2, 0) is 14.3 Å². The van der Waals surface area contributed by atoms with Gasteiger partial charge in [0.05, 0.1) is 0 Å². The molecule has 1 saturated heterocycles. The predicted molar refractivity (Wildman–Crippen MR) is 54.4 cm³/mol. The van der Waals surface area contributed by atoms with Crippen LogP contribution in [0.3, 0.4) is 0 Å². The van der Waals surface area contributed by atoms with E-state index in [0.717, 1.165) is 12.3 Å². The van der Waals surface area contributed by atoms with E-state index in [1.54, 1.807) is 0 Å². The van der Waals surface area contributed by atoms with Crippen LogP contribution in [0.5, 0.6) is 0 Å². The Labute approximate surface area is 90.1 Å². The van der Waals surface area contributed by atoms with E-state index in [-0.39, 0.29) is 23.8 Å². The lowest BCUT2D eigenvalue weighted by atomic mass is 9.70. The van der Waals surface area contributed by atoms with Crippen LogP contribution in [-0.4, -0.2) is 23.8 Å². The van der Waals surface area contributed by atoms with E-state index in [2.05, 4.69) is 0 Å². The fourth-order valence-electron chi connectivity index (χ4n) is 3.60. The molecule has 2 saturated carbocycles. The Bertz CT molecular complexity index is 289. The summed E-state index contributed by atoms with van der Waals surface area (Å²) in [5.74, 6) is 0.572. The van der Waals surface area contributed by atoms with E-state index in [9.17, 15) is 4.79 Å². The van der Waals surface area contributed by atoms with Gasteiger partial charge in [-0.05, 0) is 31.6 Å². The SMILES string of the molecule is CC(=O)O[C@H]1CC[C@@H]2CCCC[C@@]23O[C@@H]13. The molecular formula is C12H18O3. The average Bonchev–Trinajstić information content (AvgIpc) is 2.91. The summed E-state index contributed by atoms with van der Waals surface area (Å²) >= 11 is 0. The number of carbonyl (C=O) groups is 1. The second-order valence-corrected chi connectivity index (χ2v) is 5.16. The van der Waals surface area contributed by atoms with Crippen molar-refractivity contribution in [2.45, 2.75) is 63.3 Å². The second kappa shape index (κ2) is 3.21. The van der Waals surface area contributed by atoms with Crippen LogP contribution in [0.25, 0.3) is 0 Å². The van der Waals surface area contributed by atoms with E-state index in [1.807, 2.05) is 0 Å². The van der Waals surface area contributed by atoms with Crippen LogP contribution in [0.4, 0.5) is 0 Å². The van der Waals surface area contributed by atoms with Gasteiger partial charge in [-0.3, -0.25) is 4.79 Å². The molecule has 0 aromatic rings. The first-order chi connectivity index (χ1) is 7.22. The van der Waals surface area contributed by atoms with Gasteiger partial charge in [-0.25, -0.2) is 0 Å². The maximum Gasteiger partial charge on any atom is 0.302 e. The van der Waals surface area contributed by atoms with Gasteiger partial charge in [0.1, 0.15) is 17.8 Å². The number of carbonyl (C=O) groups excluding carboxylic acids is 1. The molecule has 0 unspecified atom stereocenters. The van der Waals surface area contributed by atoms with Crippen molar-refractivity contribution in [3.63, 3.8) is 0 Å². The van der Waals surface area contributed by atoms with E-state index in [4.69, 9.17) is 9.47 Å². The topological polar surface area (TPSA) is 38.8 Å². The van der Waals surface area contributed by atoms with E-state index < -0.39 is 0 Å².